The summed E-state index contributed by atoms with van der Waals surface area (Å²) in [5.41, 5.74) is 1.83. The van der Waals surface area contributed by atoms with Gasteiger partial charge < -0.3 is 9.64 Å². The van der Waals surface area contributed by atoms with Crippen LogP contribution in [0.3, 0.4) is 0 Å². The van der Waals surface area contributed by atoms with Crippen molar-refractivity contribution in [3.05, 3.63) is 53.6 Å². The van der Waals surface area contributed by atoms with Crippen molar-refractivity contribution in [1.29, 1.82) is 0 Å². The van der Waals surface area contributed by atoms with Crippen LogP contribution in [-0.4, -0.2) is 38.8 Å². The number of hydrogen-bond acceptors (Lipinski definition) is 5. The third-order valence-electron chi connectivity index (χ3n) is 4.12. The minimum Gasteiger partial charge on any atom is -0.370 e. The highest BCUT2D eigenvalue weighted by Crippen LogP contribution is 2.30. The van der Waals surface area contributed by atoms with Gasteiger partial charge in [-0.3, -0.25) is 4.40 Å². The third-order valence-corrected chi connectivity index (χ3v) is 4.36. The van der Waals surface area contributed by atoms with E-state index >= 15 is 0 Å². The van der Waals surface area contributed by atoms with Crippen molar-refractivity contribution >= 4 is 23.1 Å². The minimum atomic E-state index is -0.0464. The Morgan fingerprint density at radius 3 is 3.13 bits per heavy atom. The summed E-state index contributed by atoms with van der Waals surface area (Å²) in [6, 6.07) is 8.01. The lowest BCUT2D eigenvalue weighted by Crippen LogP contribution is -2.45. The maximum Gasteiger partial charge on any atom is 0.203 e. The van der Waals surface area contributed by atoms with Gasteiger partial charge in [-0.15, -0.1) is 10.2 Å². The standard InChI is InChI=1S/C16H16ClN5O/c1-11-9-23-14(12-3-2-4-13(17)7-12)8-22(11)15-16-20-19-10-21(16)6-5-18-15/h2-7,10-11,14H,8-9H2,1H3/t11-,14-/m1/s1. The van der Waals surface area contributed by atoms with Crippen LogP contribution in [0.1, 0.15) is 18.6 Å². The molecule has 3 heterocycles. The molecule has 0 spiro atoms. The van der Waals surface area contributed by atoms with Crippen molar-refractivity contribution in [2.75, 3.05) is 18.1 Å². The number of fused-ring (bicyclic) bond motifs is 1. The molecule has 1 aliphatic rings. The molecular formula is C16H16ClN5O. The lowest BCUT2D eigenvalue weighted by atomic mass is 10.1. The summed E-state index contributed by atoms with van der Waals surface area (Å²) in [6.45, 7) is 3.44. The van der Waals surface area contributed by atoms with Gasteiger partial charge in [0.15, 0.2) is 5.82 Å². The third kappa shape index (κ3) is 2.64. The van der Waals surface area contributed by atoms with E-state index in [9.17, 15) is 0 Å². The largest absolute Gasteiger partial charge is 0.370 e. The maximum absolute atomic E-state index is 6.11. The van der Waals surface area contributed by atoms with Crippen LogP contribution in [0, 0.1) is 0 Å². The summed E-state index contributed by atoms with van der Waals surface area (Å²) in [5, 5.41) is 8.87. The number of anilines is 1. The molecule has 0 radical (unpaired) electrons. The van der Waals surface area contributed by atoms with Crippen LogP contribution >= 0.6 is 11.6 Å². The highest BCUT2D eigenvalue weighted by Gasteiger charge is 2.29. The van der Waals surface area contributed by atoms with Crippen molar-refractivity contribution in [2.24, 2.45) is 0 Å². The van der Waals surface area contributed by atoms with Gasteiger partial charge in [0.2, 0.25) is 5.65 Å². The maximum atomic E-state index is 6.11. The Kier molecular flexibility index (Phi) is 3.63. The van der Waals surface area contributed by atoms with Crippen molar-refractivity contribution in [2.45, 2.75) is 19.1 Å². The van der Waals surface area contributed by atoms with Crippen molar-refractivity contribution in [3.63, 3.8) is 0 Å². The number of ether oxygens (including phenoxy) is 1. The van der Waals surface area contributed by atoms with Crippen LogP contribution in [0.5, 0.6) is 0 Å². The molecular weight excluding hydrogens is 314 g/mol. The molecule has 1 fully saturated rings. The summed E-state index contributed by atoms with van der Waals surface area (Å²) in [5.74, 6) is 0.827. The average Bonchev–Trinajstić information content (AvgIpc) is 3.04. The Morgan fingerprint density at radius 1 is 1.35 bits per heavy atom. The number of morpholine rings is 1. The molecule has 2 atom stereocenters. The topological polar surface area (TPSA) is 55.5 Å². The molecule has 2 aromatic heterocycles. The van der Waals surface area contributed by atoms with Crippen molar-refractivity contribution in [3.8, 4) is 0 Å². The molecule has 0 saturated carbocycles. The molecule has 118 valence electrons. The number of halogens is 1. The molecule has 1 saturated heterocycles. The Balaban J connectivity index is 1.69. The summed E-state index contributed by atoms with van der Waals surface area (Å²) >= 11 is 6.11. The number of aromatic nitrogens is 4. The summed E-state index contributed by atoms with van der Waals surface area (Å²) in [6.07, 6.45) is 5.25. The quantitative estimate of drug-likeness (QED) is 0.723. The summed E-state index contributed by atoms with van der Waals surface area (Å²) in [7, 11) is 0. The average molecular weight is 330 g/mol. The van der Waals surface area contributed by atoms with E-state index in [4.69, 9.17) is 16.3 Å². The van der Waals surface area contributed by atoms with Crippen LogP contribution in [0.2, 0.25) is 5.02 Å². The molecule has 7 heteroatoms. The monoisotopic (exact) mass is 329 g/mol. The first-order valence-electron chi connectivity index (χ1n) is 7.50. The predicted octanol–water partition coefficient (Wildman–Crippen LogP) is 2.74. The second-order valence-corrected chi connectivity index (χ2v) is 6.13. The fraction of sp³-hybridized carbons (Fsp3) is 0.312. The van der Waals surface area contributed by atoms with Crippen LogP contribution in [-0.2, 0) is 4.74 Å². The van der Waals surface area contributed by atoms with Crippen molar-refractivity contribution < 1.29 is 4.74 Å². The van der Waals surface area contributed by atoms with Gasteiger partial charge in [0.05, 0.1) is 19.2 Å². The van der Waals surface area contributed by atoms with Gasteiger partial charge in [-0.2, -0.15) is 0 Å². The van der Waals surface area contributed by atoms with E-state index in [-0.39, 0.29) is 12.1 Å². The van der Waals surface area contributed by atoms with Gasteiger partial charge in [0.25, 0.3) is 0 Å². The molecule has 0 unspecified atom stereocenters. The fourth-order valence-corrected chi connectivity index (χ4v) is 3.11. The molecule has 0 bridgehead atoms. The summed E-state index contributed by atoms with van der Waals surface area (Å²) in [4.78, 5) is 6.74. The van der Waals surface area contributed by atoms with E-state index in [1.54, 1.807) is 12.5 Å². The Bertz CT molecular complexity index is 836. The smallest absolute Gasteiger partial charge is 0.203 e. The minimum absolute atomic E-state index is 0.0464. The van der Waals surface area contributed by atoms with E-state index in [0.717, 1.165) is 17.0 Å². The van der Waals surface area contributed by atoms with E-state index < -0.39 is 0 Å². The van der Waals surface area contributed by atoms with Gasteiger partial charge in [-0.25, -0.2) is 4.98 Å². The molecule has 0 aliphatic carbocycles. The molecule has 6 nitrogen and oxygen atoms in total. The normalized spacial score (nSPS) is 21.7. The SMILES string of the molecule is C[C@@H]1CO[C@@H](c2cccc(Cl)c2)CN1c1nccn2cnnc12. The zero-order valence-corrected chi connectivity index (χ0v) is 13.4. The van der Waals surface area contributed by atoms with Gasteiger partial charge in [0, 0.05) is 17.4 Å². The second-order valence-electron chi connectivity index (χ2n) is 5.69. The lowest BCUT2D eigenvalue weighted by Gasteiger charge is -2.38. The van der Waals surface area contributed by atoms with E-state index in [0.29, 0.717) is 18.2 Å². The van der Waals surface area contributed by atoms with Gasteiger partial charge in [0.1, 0.15) is 12.4 Å². The molecule has 4 rings (SSSR count). The number of hydrogen-bond donors (Lipinski definition) is 0. The van der Waals surface area contributed by atoms with Crippen LogP contribution in [0.15, 0.2) is 43.0 Å². The first-order valence-corrected chi connectivity index (χ1v) is 7.88. The predicted molar refractivity (Wildman–Crippen MR) is 87.7 cm³/mol. The highest BCUT2D eigenvalue weighted by molar-refractivity contribution is 6.30. The molecule has 0 amide bonds. The molecule has 1 aromatic carbocycles. The van der Waals surface area contributed by atoms with Gasteiger partial charge in [-0.1, -0.05) is 23.7 Å². The molecule has 23 heavy (non-hydrogen) atoms. The van der Waals surface area contributed by atoms with E-state index in [1.165, 1.54) is 0 Å². The van der Waals surface area contributed by atoms with E-state index in [2.05, 4.69) is 27.0 Å². The molecule has 3 aromatic rings. The lowest BCUT2D eigenvalue weighted by molar-refractivity contribution is 0.0213. The summed E-state index contributed by atoms with van der Waals surface area (Å²) < 4.78 is 7.88. The first-order chi connectivity index (χ1) is 11.2. The highest BCUT2D eigenvalue weighted by atomic mass is 35.5. The van der Waals surface area contributed by atoms with Crippen molar-refractivity contribution in [1.82, 2.24) is 19.6 Å². The number of nitrogens with zero attached hydrogens (tertiary/aromatic N) is 5. The Labute approximate surface area is 138 Å². The Hall–Kier alpha value is -2.18. The van der Waals surface area contributed by atoms with Crippen LogP contribution < -0.4 is 4.90 Å². The van der Waals surface area contributed by atoms with Gasteiger partial charge >= 0.3 is 0 Å². The van der Waals surface area contributed by atoms with E-state index in [1.807, 2.05) is 34.9 Å². The zero-order chi connectivity index (χ0) is 15.8. The number of rotatable bonds is 2. The fourth-order valence-electron chi connectivity index (χ4n) is 2.91. The Morgan fingerprint density at radius 2 is 2.26 bits per heavy atom. The second kappa shape index (κ2) is 5.79. The first kappa shape index (κ1) is 14.4. The van der Waals surface area contributed by atoms with Crippen LogP contribution in [0.4, 0.5) is 5.82 Å². The molecule has 0 N–H and O–H groups in total. The van der Waals surface area contributed by atoms with Gasteiger partial charge in [-0.05, 0) is 24.6 Å². The molecule has 1 aliphatic heterocycles. The van der Waals surface area contributed by atoms with Crippen LogP contribution in [0.25, 0.3) is 5.65 Å². The zero-order valence-electron chi connectivity index (χ0n) is 12.6. The number of benzene rings is 1.